The van der Waals surface area contributed by atoms with Gasteiger partial charge in [-0.15, -0.1) is 0 Å². The van der Waals surface area contributed by atoms with E-state index in [4.69, 9.17) is 27.9 Å². The predicted octanol–water partition coefficient (Wildman–Crippen LogP) is 5.86. The van der Waals surface area contributed by atoms with Gasteiger partial charge in [0.05, 0.1) is 0 Å². The van der Waals surface area contributed by atoms with Crippen molar-refractivity contribution in [2.24, 2.45) is 0 Å². The maximum Gasteiger partial charge on any atom is 0.261 e. The van der Waals surface area contributed by atoms with Crippen molar-refractivity contribution in [1.29, 1.82) is 0 Å². The molecule has 1 aliphatic rings. The zero-order chi connectivity index (χ0) is 24.0. The Morgan fingerprint density at radius 1 is 1.06 bits per heavy atom. The molecular formula is C26H32Cl2N2O3. The molecule has 3 rings (SSSR count). The van der Waals surface area contributed by atoms with Gasteiger partial charge in [0.1, 0.15) is 11.8 Å². The Morgan fingerprint density at radius 2 is 1.73 bits per heavy atom. The number of benzene rings is 2. The lowest BCUT2D eigenvalue weighted by molar-refractivity contribution is -0.142. The zero-order valence-electron chi connectivity index (χ0n) is 19.5. The fourth-order valence-electron chi connectivity index (χ4n) is 4.04. The van der Waals surface area contributed by atoms with Gasteiger partial charge in [-0.05, 0) is 69.0 Å². The zero-order valence-corrected chi connectivity index (χ0v) is 21.0. The number of rotatable bonds is 8. The molecule has 1 N–H and O–H groups in total. The van der Waals surface area contributed by atoms with Crippen LogP contribution in [0.5, 0.6) is 5.75 Å². The summed E-state index contributed by atoms with van der Waals surface area (Å²) in [5, 5.41) is 4.02. The number of nitrogens with zero attached hydrogens (tertiary/aromatic N) is 1. The number of amides is 2. The summed E-state index contributed by atoms with van der Waals surface area (Å²) in [4.78, 5) is 27.8. The van der Waals surface area contributed by atoms with Gasteiger partial charge in [0, 0.05) is 28.2 Å². The lowest BCUT2D eigenvalue weighted by Crippen LogP contribution is -2.51. The van der Waals surface area contributed by atoms with Gasteiger partial charge >= 0.3 is 0 Å². The fourth-order valence-corrected chi connectivity index (χ4v) is 4.55. The third-order valence-electron chi connectivity index (χ3n) is 6.35. The molecule has 5 nitrogen and oxygen atoms in total. The van der Waals surface area contributed by atoms with Crippen LogP contribution in [-0.2, 0) is 16.1 Å². The standard InChI is InChI=1S/C26H32Cl2N2O3/c1-17-12-13-21(14-18(17)2)33-16-25(31)30(15-22-23(27)10-7-11-24(22)28)19(3)26(32)29-20-8-5-4-6-9-20/h7,10-14,19-20H,4-6,8-9,15-16H2,1-3H3,(H,29,32)/t19-/m0/s1. The van der Waals surface area contributed by atoms with E-state index in [2.05, 4.69) is 5.32 Å². The molecule has 2 amide bonds. The van der Waals surface area contributed by atoms with Crippen molar-refractivity contribution in [3.05, 3.63) is 63.1 Å². The van der Waals surface area contributed by atoms with Crippen molar-refractivity contribution < 1.29 is 14.3 Å². The molecule has 33 heavy (non-hydrogen) atoms. The molecule has 178 valence electrons. The maximum atomic E-state index is 13.3. The van der Waals surface area contributed by atoms with E-state index in [0.717, 1.165) is 36.8 Å². The fraction of sp³-hybridized carbons (Fsp3) is 0.462. The number of carbonyl (C=O) groups is 2. The Kier molecular flexibility index (Phi) is 9.04. The van der Waals surface area contributed by atoms with Crippen molar-refractivity contribution in [3.8, 4) is 5.75 Å². The lowest BCUT2D eigenvalue weighted by Gasteiger charge is -2.31. The third-order valence-corrected chi connectivity index (χ3v) is 7.06. The van der Waals surface area contributed by atoms with Gasteiger partial charge in [0.25, 0.3) is 5.91 Å². The molecule has 0 bridgehead atoms. The number of carbonyl (C=O) groups excluding carboxylic acids is 2. The molecule has 0 aliphatic heterocycles. The van der Waals surface area contributed by atoms with Crippen LogP contribution < -0.4 is 10.1 Å². The number of hydrogen-bond acceptors (Lipinski definition) is 3. The Bertz CT molecular complexity index is 969. The highest BCUT2D eigenvalue weighted by Crippen LogP contribution is 2.27. The van der Waals surface area contributed by atoms with Gasteiger partial charge in [0.2, 0.25) is 5.91 Å². The second-order valence-electron chi connectivity index (χ2n) is 8.78. The van der Waals surface area contributed by atoms with Crippen molar-refractivity contribution >= 4 is 35.0 Å². The van der Waals surface area contributed by atoms with Crippen LogP contribution in [0.2, 0.25) is 10.0 Å². The lowest BCUT2D eigenvalue weighted by atomic mass is 9.95. The van der Waals surface area contributed by atoms with Crippen molar-refractivity contribution in [2.75, 3.05) is 6.61 Å². The van der Waals surface area contributed by atoms with Crippen LogP contribution in [0.25, 0.3) is 0 Å². The van der Waals surface area contributed by atoms with Crippen LogP contribution in [0.15, 0.2) is 36.4 Å². The topological polar surface area (TPSA) is 58.6 Å². The van der Waals surface area contributed by atoms with Crippen molar-refractivity contribution in [2.45, 2.75) is 71.5 Å². The minimum Gasteiger partial charge on any atom is -0.484 e. The molecule has 0 aromatic heterocycles. The van der Waals surface area contributed by atoms with Gasteiger partial charge < -0.3 is 15.0 Å². The van der Waals surface area contributed by atoms with Crippen LogP contribution in [0.4, 0.5) is 0 Å². The molecule has 0 unspecified atom stereocenters. The van der Waals surface area contributed by atoms with Gasteiger partial charge in [-0.2, -0.15) is 0 Å². The molecule has 1 fully saturated rings. The first kappa shape index (κ1) is 25.4. The smallest absolute Gasteiger partial charge is 0.261 e. The SMILES string of the molecule is Cc1ccc(OCC(=O)N(Cc2c(Cl)cccc2Cl)[C@@H](C)C(=O)NC2CCCCC2)cc1C. The van der Waals surface area contributed by atoms with E-state index in [-0.39, 0.29) is 31.0 Å². The first-order valence-electron chi connectivity index (χ1n) is 11.5. The summed E-state index contributed by atoms with van der Waals surface area (Å²) in [6.45, 7) is 5.68. The minimum atomic E-state index is -0.699. The highest BCUT2D eigenvalue weighted by molar-refractivity contribution is 6.36. The molecule has 0 radical (unpaired) electrons. The molecule has 7 heteroatoms. The molecule has 0 saturated heterocycles. The highest BCUT2D eigenvalue weighted by atomic mass is 35.5. The minimum absolute atomic E-state index is 0.118. The summed E-state index contributed by atoms with van der Waals surface area (Å²) in [6, 6.07) is 10.4. The van der Waals surface area contributed by atoms with Gasteiger partial charge in [-0.3, -0.25) is 9.59 Å². The average Bonchev–Trinajstić information content (AvgIpc) is 2.79. The number of hydrogen-bond donors (Lipinski definition) is 1. The van der Waals surface area contributed by atoms with Crippen LogP contribution in [0.1, 0.15) is 55.7 Å². The van der Waals surface area contributed by atoms with E-state index in [0.29, 0.717) is 21.4 Å². The average molecular weight is 491 g/mol. The maximum absolute atomic E-state index is 13.3. The molecular weight excluding hydrogens is 459 g/mol. The highest BCUT2D eigenvalue weighted by Gasteiger charge is 2.29. The normalized spacial score (nSPS) is 15.1. The third kappa shape index (κ3) is 6.87. The number of aryl methyl sites for hydroxylation is 2. The van der Waals surface area contributed by atoms with E-state index in [1.54, 1.807) is 25.1 Å². The van der Waals surface area contributed by atoms with Crippen LogP contribution in [0.3, 0.4) is 0 Å². The van der Waals surface area contributed by atoms with E-state index in [9.17, 15) is 9.59 Å². The van der Waals surface area contributed by atoms with Gasteiger partial charge in [-0.25, -0.2) is 0 Å². The summed E-state index contributed by atoms with van der Waals surface area (Å²) in [6.07, 6.45) is 5.37. The molecule has 2 aromatic carbocycles. The van der Waals surface area contributed by atoms with Crippen molar-refractivity contribution in [3.63, 3.8) is 0 Å². The molecule has 2 aromatic rings. The van der Waals surface area contributed by atoms with Crippen molar-refractivity contribution in [1.82, 2.24) is 10.2 Å². The van der Waals surface area contributed by atoms with Crippen LogP contribution in [-0.4, -0.2) is 35.4 Å². The Labute approximate surface area is 206 Å². The van der Waals surface area contributed by atoms with E-state index in [1.165, 1.54) is 11.3 Å². The van der Waals surface area contributed by atoms with Gasteiger partial charge in [-0.1, -0.05) is 54.6 Å². The summed E-state index contributed by atoms with van der Waals surface area (Å²) in [7, 11) is 0. The van der Waals surface area contributed by atoms with E-state index < -0.39 is 6.04 Å². The number of halogens is 2. The van der Waals surface area contributed by atoms with E-state index in [1.807, 2.05) is 32.0 Å². The van der Waals surface area contributed by atoms with Gasteiger partial charge in [0.15, 0.2) is 6.61 Å². The molecule has 0 spiro atoms. The predicted molar refractivity (Wildman–Crippen MR) is 133 cm³/mol. The molecule has 1 saturated carbocycles. The van der Waals surface area contributed by atoms with Crippen LogP contribution in [0, 0.1) is 13.8 Å². The Balaban J connectivity index is 1.76. The molecule has 0 heterocycles. The van der Waals surface area contributed by atoms with E-state index >= 15 is 0 Å². The Morgan fingerprint density at radius 3 is 2.36 bits per heavy atom. The first-order valence-corrected chi connectivity index (χ1v) is 12.2. The summed E-state index contributed by atoms with van der Waals surface area (Å²) in [5.74, 6) is 0.126. The largest absolute Gasteiger partial charge is 0.484 e. The Hall–Kier alpha value is -2.24. The first-order chi connectivity index (χ1) is 15.8. The second-order valence-corrected chi connectivity index (χ2v) is 9.59. The quantitative estimate of drug-likeness (QED) is 0.504. The van der Waals surface area contributed by atoms with Crippen LogP contribution >= 0.6 is 23.2 Å². The number of ether oxygens (including phenoxy) is 1. The second kappa shape index (κ2) is 11.8. The molecule has 1 atom stereocenters. The molecule has 1 aliphatic carbocycles. The monoisotopic (exact) mass is 490 g/mol. The summed E-state index contributed by atoms with van der Waals surface area (Å²) >= 11 is 12.7. The summed E-state index contributed by atoms with van der Waals surface area (Å²) in [5.41, 5.74) is 2.84. The summed E-state index contributed by atoms with van der Waals surface area (Å²) < 4.78 is 5.77. The number of nitrogens with one attached hydrogen (secondary N) is 1.